The van der Waals surface area contributed by atoms with E-state index < -0.39 is 43.1 Å². The number of Topliss-reactive ketones (excluding diaryl/α,β-unsaturated/α-hetero) is 1. The number of halogens is 4. The Hall–Kier alpha value is -3.71. The summed E-state index contributed by atoms with van der Waals surface area (Å²) in [5, 5.41) is 3.80. The van der Waals surface area contributed by atoms with E-state index in [0.29, 0.717) is 17.6 Å². The van der Waals surface area contributed by atoms with Crippen molar-refractivity contribution in [1.29, 1.82) is 0 Å². The van der Waals surface area contributed by atoms with Crippen molar-refractivity contribution >= 4 is 30.8 Å². The number of alkyl halides is 3. The molecule has 0 fully saturated rings. The highest BCUT2D eigenvalue weighted by atomic mass is 28.4. The van der Waals surface area contributed by atoms with Gasteiger partial charge >= 0.3 is 6.18 Å². The molecular formula is C31H37F4N5O3Si. The van der Waals surface area contributed by atoms with Gasteiger partial charge in [0.05, 0.1) is 23.9 Å². The smallest absolute Gasteiger partial charge is 0.414 e. The number of rotatable bonds is 10. The highest BCUT2D eigenvalue weighted by Gasteiger charge is 2.39. The van der Waals surface area contributed by atoms with Gasteiger partial charge in [-0.1, -0.05) is 20.8 Å². The molecule has 44 heavy (non-hydrogen) atoms. The summed E-state index contributed by atoms with van der Waals surface area (Å²) in [6, 6.07) is 2.38. The first-order valence-electron chi connectivity index (χ1n) is 14.1. The third-order valence-corrected chi connectivity index (χ3v) is 12.7. The third-order valence-electron chi connectivity index (χ3n) is 8.21. The lowest BCUT2D eigenvalue weighted by Gasteiger charge is -2.39. The number of ketones is 2. The molecule has 8 nitrogen and oxygen atoms in total. The highest BCUT2D eigenvalue weighted by molar-refractivity contribution is 6.74. The molecule has 0 saturated carbocycles. The second-order valence-corrected chi connectivity index (χ2v) is 18.1. The Labute approximate surface area is 254 Å². The van der Waals surface area contributed by atoms with E-state index in [1.165, 1.54) is 31.6 Å². The minimum atomic E-state index is -4.62. The average molecular weight is 632 g/mol. The Bertz CT molecular complexity index is 1720. The maximum absolute atomic E-state index is 15.3. The first-order valence-corrected chi connectivity index (χ1v) is 17.0. The molecule has 4 rings (SSSR count). The summed E-state index contributed by atoms with van der Waals surface area (Å²) in [6.07, 6.45) is 2.11. The van der Waals surface area contributed by atoms with Gasteiger partial charge in [-0.15, -0.1) is 0 Å². The number of nitrogens with zero attached hydrogens (tertiary/aromatic N) is 5. The topological polar surface area (TPSA) is 91.9 Å². The predicted octanol–water partition coefficient (Wildman–Crippen LogP) is 6.89. The van der Waals surface area contributed by atoms with E-state index in [0.717, 1.165) is 16.9 Å². The predicted molar refractivity (Wildman–Crippen MR) is 161 cm³/mol. The molecule has 13 heteroatoms. The molecule has 4 aromatic rings. The molecule has 0 aromatic carbocycles. The fourth-order valence-corrected chi connectivity index (χ4v) is 5.71. The summed E-state index contributed by atoms with van der Waals surface area (Å²) in [4.78, 5) is 34.6. The zero-order valence-electron chi connectivity index (χ0n) is 26.1. The molecule has 0 atom stereocenters. The van der Waals surface area contributed by atoms with Gasteiger partial charge in [0.1, 0.15) is 6.54 Å². The van der Waals surface area contributed by atoms with E-state index >= 15 is 4.39 Å². The number of aryl methyl sites for hydroxylation is 1. The molecule has 0 amide bonds. The van der Waals surface area contributed by atoms with Crippen LogP contribution in [-0.4, -0.2) is 50.8 Å². The van der Waals surface area contributed by atoms with E-state index in [1.807, 2.05) is 13.8 Å². The third kappa shape index (κ3) is 6.83. The zero-order chi connectivity index (χ0) is 32.8. The quantitative estimate of drug-likeness (QED) is 0.108. The minimum absolute atomic E-state index is 0.0270. The second-order valence-electron chi connectivity index (χ2n) is 13.2. The molecule has 0 spiro atoms. The molecule has 0 aliphatic carbocycles. The van der Waals surface area contributed by atoms with E-state index in [2.05, 4.69) is 48.9 Å². The van der Waals surface area contributed by atoms with Crippen molar-refractivity contribution in [2.24, 2.45) is 0 Å². The van der Waals surface area contributed by atoms with Crippen molar-refractivity contribution in [2.75, 3.05) is 6.61 Å². The van der Waals surface area contributed by atoms with Crippen LogP contribution >= 0.6 is 0 Å². The lowest BCUT2D eigenvalue weighted by Crippen LogP contribution is -2.45. The standard InChI is InChI=1S/C31H37F4N5O3Si/c1-19-9-26(31(33,34)35)38-40(19)16-22(41)11-20-10-21(13-36-12-20)28(42)24-17-39(27-23(24)14-37-15-25(27)32)30(5,6)18-43-44(7,8)29(2,3)4/h9-10,12-15,17H,11,16,18H2,1-8H3. The normalized spacial score (nSPS) is 13.1. The molecule has 0 aliphatic rings. The molecule has 0 N–H and O–H groups in total. The number of pyridine rings is 2. The van der Waals surface area contributed by atoms with Gasteiger partial charge < -0.3 is 8.99 Å². The van der Waals surface area contributed by atoms with E-state index in [4.69, 9.17) is 4.43 Å². The molecule has 0 saturated heterocycles. The summed E-state index contributed by atoms with van der Waals surface area (Å²) in [6.45, 7) is 15.9. The number of carbonyl (C=O) groups is 2. The molecule has 0 aliphatic heterocycles. The van der Waals surface area contributed by atoms with Crippen molar-refractivity contribution in [3.05, 3.63) is 77.0 Å². The van der Waals surface area contributed by atoms with Crippen LogP contribution in [0.3, 0.4) is 0 Å². The van der Waals surface area contributed by atoms with Crippen molar-refractivity contribution in [1.82, 2.24) is 24.3 Å². The van der Waals surface area contributed by atoms with Crippen LogP contribution in [-0.2, 0) is 33.9 Å². The zero-order valence-corrected chi connectivity index (χ0v) is 27.1. The number of aromatic nitrogens is 5. The summed E-state index contributed by atoms with van der Waals surface area (Å²) in [7, 11) is -2.13. The van der Waals surface area contributed by atoms with Crippen LogP contribution in [0.25, 0.3) is 10.9 Å². The number of fused-ring (bicyclic) bond motifs is 1. The van der Waals surface area contributed by atoms with Gasteiger partial charge in [0.2, 0.25) is 0 Å². The number of hydrogen-bond donors (Lipinski definition) is 0. The first-order chi connectivity index (χ1) is 20.2. The SMILES string of the molecule is Cc1cc(C(F)(F)F)nn1CC(=O)Cc1cncc(C(=O)c2cn(C(C)(C)CO[Si](C)(C)C(C)(C)C)c3c(F)cncc23)c1. The largest absolute Gasteiger partial charge is 0.435 e. The first kappa shape index (κ1) is 33.2. The second kappa shape index (κ2) is 11.7. The Kier molecular flexibility index (Phi) is 8.79. The number of hydrogen-bond acceptors (Lipinski definition) is 6. The van der Waals surface area contributed by atoms with Gasteiger partial charge in [-0.3, -0.25) is 24.2 Å². The monoisotopic (exact) mass is 631 g/mol. The van der Waals surface area contributed by atoms with Crippen molar-refractivity contribution in [3.63, 3.8) is 0 Å². The van der Waals surface area contributed by atoms with Gasteiger partial charge in [-0.25, -0.2) is 4.39 Å². The maximum Gasteiger partial charge on any atom is 0.435 e. The minimum Gasteiger partial charge on any atom is -0.414 e. The Morgan fingerprint density at radius 3 is 2.25 bits per heavy atom. The molecule has 0 unspecified atom stereocenters. The maximum atomic E-state index is 15.3. The van der Waals surface area contributed by atoms with Crippen LogP contribution in [0, 0.1) is 12.7 Å². The summed E-state index contributed by atoms with van der Waals surface area (Å²) in [5.74, 6) is -1.44. The molecular weight excluding hydrogens is 594 g/mol. The van der Waals surface area contributed by atoms with Gasteiger partial charge in [0, 0.05) is 53.4 Å². The van der Waals surface area contributed by atoms with Gasteiger partial charge in [0.15, 0.2) is 31.4 Å². The van der Waals surface area contributed by atoms with Crippen LogP contribution in [0.5, 0.6) is 0 Å². The lowest BCUT2D eigenvalue weighted by molar-refractivity contribution is -0.141. The van der Waals surface area contributed by atoms with Crippen LogP contribution in [0.2, 0.25) is 18.1 Å². The van der Waals surface area contributed by atoms with E-state index in [9.17, 15) is 22.8 Å². The Morgan fingerprint density at radius 1 is 0.977 bits per heavy atom. The van der Waals surface area contributed by atoms with Crippen LogP contribution in [0.4, 0.5) is 17.6 Å². The van der Waals surface area contributed by atoms with Gasteiger partial charge in [-0.2, -0.15) is 18.3 Å². The number of carbonyl (C=O) groups excluding carboxylic acids is 2. The van der Waals surface area contributed by atoms with Crippen LogP contribution in [0.15, 0.2) is 43.1 Å². The fraction of sp³-hybridized carbons (Fsp3) is 0.452. The molecule has 0 bridgehead atoms. The van der Waals surface area contributed by atoms with Crippen molar-refractivity contribution in [2.45, 2.75) is 84.4 Å². The molecule has 236 valence electrons. The molecule has 0 radical (unpaired) electrons. The highest BCUT2D eigenvalue weighted by Crippen LogP contribution is 2.38. The summed E-state index contributed by atoms with van der Waals surface area (Å²) >= 11 is 0. The van der Waals surface area contributed by atoms with Crippen molar-refractivity contribution < 1.29 is 31.6 Å². The summed E-state index contributed by atoms with van der Waals surface area (Å²) < 4.78 is 63.5. The van der Waals surface area contributed by atoms with E-state index in [1.54, 1.807) is 10.8 Å². The van der Waals surface area contributed by atoms with Gasteiger partial charge in [-0.05, 0) is 56.6 Å². The Balaban J connectivity index is 1.61. The van der Waals surface area contributed by atoms with Crippen LogP contribution in [0.1, 0.15) is 67.5 Å². The van der Waals surface area contributed by atoms with Gasteiger partial charge in [0.25, 0.3) is 0 Å². The molecule has 4 aromatic heterocycles. The van der Waals surface area contributed by atoms with E-state index in [-0.39, 0.29) is 40.3 Å². The molecule has 4 heterocycles. The van der Waals surface area contributed by atoms with Crippen LogP contribution < -0.4 is 0 Å². The van der Waals surface area contributed by atoms with Crippen molar-refractivity contribution in [3.8, 4) is 0 Å². The fourth-order valence-electron chi connectivity index (χ4n) is 4.56. The average Bonchev–Trinajstić information content (AvgIpc) is 3.49. The lowest BCUT2D eigenvalue weighted by atomic mass is 10.0. The Morgan fingerprint density at radius 2 is 1.64 bits per heavy atom. The summed E-state index contributed by atoms with van der Waals surface area (Å²) in [5.41, 5.74) is -0.595.